The predicted molar refractivity (Wildman–Crippen MR) is 583 cm³/mol. The Hall–Kier alpha value is -17.0. The van der Waals surface area contributed by atoms with E-state index in [9.17, 15) is 0 Å². The van der Waals surface area contributed by atoms with Crippen molar-refractivity contribution in [3.63, 3.8) is 0 Å². The number of halogens is 1. The van der Waals surface area contributed by atoms with Crippen LogP contribution in [0.4, 0.5) is 0 Å². The Bertz CT molecular complexity index is 7540. The topological polar surface area (TPSA) is 230 Å². The number of hydrogen-bond acceptors (Lipinski definition) is 19. The third kappa shape index (κ3) is 21.3. The Balaban J connectivity index is 0.000000148. The van der Waals surface area contributed by atoms with E-state index < -0.39 is 36.6 Å². The summed E-state index contributed by atoms with van der Waals surface area (Å²) in [4.78, 5) is 73.5. The lowest BCUT2D eigenvalue weighted by atomic mass is 9.71. The van der Waals surface area contributed by atoms with Gasteiger partial charge in [0, 0.05) is 75.0 Å². The molecular weight excluding hydrogens is 1850 g/mol. The minimum atomic E-state index is -0.618. The minimum Gasteiger partial charge on any atom is -0.399 e. The van der Waals surface area contributed by atoms with Crippen LogP contribution in [-0.4, -0.2) is 111 Å². The molecule has 23 rings (SSSR count). The van der Waals surface area contributed by atoms with Gasteiger partial charge in [0.2, 0.25) is 0 Å². The largest absolute Gasteiger partial charge is 0.494 e. The van der Waals surface area contributed by atoms with Gasteiger partial charge < -0.3 is 18.6 Å². The van der Waals surface area contributed by atoms with E-state index in [1.165, 1.54) is 0 Å². The molecule has 0 N–H and O–H groups in total. The smallest absolute Gasteiger partial charge is 0.399 e. The molecule has 21 aromatic rings. The number of aromatic nitrogens is 15. The maximum atomic E-state index is 6.56. The quantitative estimate of drug-likeness (QED) is 0.0646. The Morgan fingerprint density at radius 1 is 0.166 bits per heavy atom. The summed E-state index contributed by atoms with van der Waals surface area (Å²) < 4.78 is 27.2. The van der Waals surface area contributed by atoms with Crippen LogP contribution in [0.15, 0.2) is 442 Å². The van der Waals surface area contributed by atoms with Crippen LogP contribution in [0.3, 0.4) is 0 Å². The standard InChI is InChI=1S/C63H41N9.C45H45B2N3O4.C15H10BrN3/c1-3-15-42(16-4-1)44-23-27-46(28-24-44)61-70-62(47-29-25-45(26-30-47)43-17-5-2-6-18-43)72-63(71-61)52-36-48(50-38-57(53-19-7-11-31-64-53)68-58(39-50)54-20-8-12-32-65-54)35-49(37-52)51-40-59(55-21-9-13-33-66-55)69-60(41-51)56-22-10-14-34-67-56;1-42(2)43(3,4)52-46(51-42)37-27-36(28-38(29-37)47-53-44(5,6)45(7,8)54-47)41-49-39(34-23-19-32(20-24-34)30-15-11-9-12-16-30)48-40(50-41)35-25-21-33(22-26-35)31-17-13-10-14-18-31;16-11-9-14(12-5-1-3-7-17-12)19-15(10-11)13-6-2-4-8-18-13/h1-41H;9-29H,1-8H3;1-10H. The molecule has 0 bridgehead atoms. The molecule has 0 amide bonds. The summed E-state index contributed by atoms with van der Waals surface area (Å²) in [6.07, 6.45) is 10.7. The van der Waals surface area contributed by atoms with Crippen molar-refractivity contribution in [3.8, 4) is 203 Å². The molecule has 10 aromatic carbocycles. The third-order valence-corrected chi connectivity index (χ3v) is 26.9. The van der Waals surface area contributed by atoms with Gasteiger partial charge in [-0.05, 0) is 260 Å². The maximum Gasteiger partial charge on any atom is 0.494 e. The summed E-state index contributed by atoms with van der Waals surface area (Å²) in [5.41, 5.74) is 26.4. The number of nitrogens with zero attached hydrogens (tertiary/aromatic N) is 15. The first-order valence-corrected chi connectivity index (χ1v) is 48.8. The van der Waals surface area contributed by atoms with Gasteiger partial charge in [0.15, 0.2) is 34.9 Å². The summed E-state index contributed by atoms with van der Waals surface area (Å²) >= 11 is 3.51. The fourth-order valence-electron chi connectivity index (χ4n) is 17.2. The minimum absolute atomic E-state index is 0.505. The molecule has 13 heterocycles. The third-order valence-electron chi connectivity index (χ3n) is 26.4. The Kier molecular flexibility index (Phi) is 26.8. The van der Waals surface area contributed by atoms with Crippen LogP contribution in [0.1, 0.15) is 55.4 Å². The second kappa shape index (κ2) is 41.3. The highest BCUT2D eigenvalue weighted by Gasteiger charge is 2.54. The molecular formula is C123H96B2BrN15O4. The Labute approximate surface area is 851 Å². The molecule has 700 valence electrons. The molecule has 2 aliphatic rings. The number of pyridine rings is 9. The van der Waals surface area contributed by atoms with Crippen molar-refractivity contribution in [2.24, 2.45) is 0 Å². The molecule has 0 aliphatic carbocycles. The molecule has 2 fully saturated rings. The van der Waals surface area contributed by atoms with Crippen LogP contribution in [0.5, 0.6) is 0 Å². The number of hydrogen-bond donors (Lipinski definition) is 0. The van der Waals surface area contributed by atoms with E-state index in [-0.39, 0.29) is 0 Å². The van der Waals surface area contributed by atoms with E-state index >= 15 is 0 Å². The lowest BCUT2D eigenvalue weighted by Crippen LogP contribution is -2.41. The fraction of sp³-hybridized carbons (Fsp3) is 0.0976. The second-order valence-corrected chi connectivity index (χ2v) is 38.3. The highest BCUT2D eigenvalue weighted by atomic mass is 79.9. The summed E-state index contributed by atoms with van der Waals surface area (Å²) in [6, 6.07) is 135. The van der Waals surface area contributed by atoms with E-state index in [4.69, 9.17) is 78.4 Å². The zero-order valence-corrected chi connectivity index (χ0v) is 82.5. The van der Waals surface area contributed by atoms with E-state index in [0.717, 1.165) is 161 Å². The molecule has 11 aromatic heterocycles. The van der Waals surface area contributed by atoms with Crippen LogP contribution in [-0.2, 0) is 18.6 Å². The van der Waals surface area contributed by atoms with Crippen molar-refractivity contribution in [3.05, 3.63) is 442 Å². The van der Waals surface area contributed by atoms with Crippen LogP contribution in [0.2, 0.25) is 0 Å². The molecule has 2 aliphatic heterocycles. The first-order valence-electron chi connectivity index (χ1n) is 48.0. The summed E-state index contributed by atoms with van der Waals surface area (Å²) in [5.74, 6) is 3.26. The predicted octanol–water partition coefficient (Wildman–Crippen LogP) is 27.4. The highest BCUT2D eigenvalue weighted by Crippen LogP contribution is 2.43. The molecule has 19 nitrogen and oxygen atoms in total. The summed E-state index contributed by atoms with van der Waals surface area (Å²) in [7, 11) is -1.24. The molecule has 0 atom stereocenters. The van der Waals surface area contributed by atoms with Crippen molar-refractivity contribution in [2.75, 3.05) is 0 Å². The van der Waals surface area contributed by atoms with Gasteiger partial charge in [-0.25, -0.2) is 44.9 Å². The van der Waals surface area contributed by atoms with Crippen molar-refractivity contribution in [1.29, 1.82) is 0 Å². The summed E-state index contributed by atoms with van der Waals surface area (Å²) in [5, 5.41) is 0. The van der Waals surface area contributed by atoms with E-state index in [1.54, 1.807) is 37.2 Å². The molecule has 0 spiro atoms. The summed E-state index contributed by atoms with van der Waals surface area (Å²) in [6.45, 7) is 16.5. The average molecular weight is 1950 g/mol. The maximum absolute atomic E-state index is 6.56. The lowest BCUT2D eigenvalue weighted by molar-refractivity contribution is 0.00578. The monoisotopic (exact) mass is 1950 g/mol. The molecule has 22 heteroatoms. The van der Waals surface area contributed by atoms with Crippen molar-refractivity contribution in [1.82, 2.24) is 74.8 Å². The van der Waals surface area contributed by atoms with Crippen molar-refractivity contribution < 1.29 is 18.6 Å². The first-order chi connectivity index (χ1) is 70.6. The molecule has 0 saturated carbocycles. The van der Waals surface area contributed by atoms with Crippen molar-refractivity contribution in [2.45, 2.75) is 77.8 Å². The van der Waals surface area contributed by atoms with Gasteiger partial charge in [-0.15, -0.1) is 0 Å². The molecule has 2 saturated heterocycles. The molecule has 0 unspecified atom stereocenters. The highest BCUT2D eigenvalue weighted by molar-refractivity contribution is 9.10. The number of rotatable bonds is 20. The van der Waals surface area contributed by atoms with Gasteiger partial charge in [-0.1, -0.05) is 289 Å². The van der Waals surface area contributed by atoms with E-state index in [1.807, 2.05) is 170 Å². The first kappa shape index (κ1) is 94.3. The van der Waals surface area contributed by atoms with Crippen molar-refractivity contribution >= 4 is 41.1 Å². The second-order valence-electron chi connectivity index (χ2n) is 37.3. The Morgan fingerprint density at radius 3 is 0.579 bits per heavy atom. The van der Waals surface area contributed by atoms with E-state index in [0.29, 0.717) is 57.7 Å². The van der Waals surface area contributed by atoms with Crippen LogP contribution >= 0.6 is 15.9 Å². The van der Waals surface area contributed by atoms with Gasteiger partial charge in [-0.2, -0.15) is 0 Å². The van der Waals surface area contributed by atoms with Gasteiger partial charge >= 0.3 is 14.2 Å². The van der Waals surface area contributed by atoms with Gasteiger partial charge in [0.05, 0.1) is 90.7 Å². The van der Waals surface area contributed by atoms with Gasteiger partial charge in [0.25, 0.3) is 0 Å². The van der Waals surface area contributed by atoms with Crippen LogP contribution < -0.4 is 10.9 Å². The van der Waals surface area contributed by atoms with Gasteiger partial charge in [-0.3, -0.25) is 29.9 Å². The fourth-order valence-corrected chi connectivity index (χ4v) is 17.6. The van der Waals surface area contributed by atoms with Gasteiger partial charge in [0.1, 0.15) is 0 Å². The normalized spacial score (nSPS) is 13.6. The average Bonchev–Trinajstić information content (AvgIpc) is 1.58. The zero-order valence-electron chi connectivity index (χ0n) is 80.9. The lowest BCUT2D eigenvalue weighted by Gasteiger charge is -2.32. The van der Waals surface area contributed by atoms with E-state index in [2.05, 4.69) is 317 Å². The van der Waals surface area contributed by atoms with Crippen LogP contribution in [0.25, 0.3) is 203 Å². The molecule has 0 radical (unpaired) electrons. The molecule has 145 heavy (non-hydrogen) atoms. The Morgan fingerprint density at radius 2 is 0.352 bits per heavy atom. The zero-order chi connectivity index (χ0) is 99.0. The van der Waals surface area contributed by atoms with Crippen LogP contribution in [0, 0.1) is 0 Å². The number of benzene rings is 10. The SMILES string of the molecule is Brc1cc(-c2ccccn2)nc(-c2ccccn2)c1.CC1(C)OB(c2cc(B3OC(C)(C)C(C)(C)O3)cc(-c3nc(-c4ccc(-c5ccccc5)cc4)nc(-c4ccc(-c5ccccc5)cc4)n3)c2)OC1(C)C.c1ccc(-c2ccc(-c3nc(-c4ccc(-c5ccccc5)cc4)nc(-c4cc(-c5cc(-c6ccccn6)nc(-c6ccccn6)c5)cc(-c5cc(-c6ccccn6)nc(-c6ccccn6)c5)c4)n3)cc2)cc1.